The number of aromatic nitrogens is 2. The Bertz CT molecular complexity index is 456. The number of nitrogens with zero attached hydrogens (tertiary/aromatic N) is 2. The Morgan fingerprint density at radius 1 is 1.42 bits per heavy atom. The van der Waals surface area contributed by atoms with Crippen LogP contribution in [-0.2, 0) is 10.3 Å². The third-order valence-corrected chi connectivity index (χ3v) is 4.24. The van der Waals surface area contributed by atoms with Crippen LogP contribution in [-0.4, -0.2) is 23.1 Å². The van der Waals surface area contributed by atoms with Crippen molar-refractivity contribution < 1.29 is 4.74 Å². The molecule has 106 valence electrons. The average Bonchev–Trinajstić information content (AvgIpc) is 2.80. The Kier molecular flexibility index (Phi) is 4.46. The molecule has 2 heterocycles. The molecule has 2 rings (SSSR count). The number of anilines is 1. The summed E-state index contributed by atoms with van der Waals surface area (Å²) in [5.41, 5.74) is 0.701. The molecule has 0 saturated carbocycles. The van der Waals surface area contributed by atoms with Crippen molar-refractivity contribution in [3.8, 4) is 0 Å². The summed E-state index contributed by atoms with van der Waals surface area (Å²) in [4.78, 5) is 9.41. The van der Waals surface area contributed by atoms with Gasteiger partial charge in [-0.05, 0) is 48.5 Å². The first-order valence-corrected chi connectivity index (χ1v) is 7.73. The molecule has 0 aliphatic carbocycles. The fraction of sp³-hybridized carbons (Fsp3) is 0.714. The zero-order chi connectivity index (χ0) is 14.0. The van der Waals surface area contributed by atoms with Gasteiger partial charge in [-0.25, -0.2) is 9.97 Å². The zero-order valence-electron chi connectivity index (χ0n) is 12.1. The molecule has 0 radical (unpaired) electrons. The third kappa shape index (κ3) is 2.92. The first-order chi connectivity index (χ1) is 8.98. The van der Waals surface area contributed by atoms with Crippen molar-refractivity contribution in [3.05, 3.63) is 16.0 Å². The highest BCUT2D eigenvalue weighted by Gasteiger charge is 2.36. The Balaban J connectivity index is 2.49. The van der Waals surface area contributed by atoms with E-state index < -0.39 is 0 Å². The molecule has 1 saturated heterocycles. The molecule has 0 bridgehead atoms. The fourth-order valence-corrected chi connectivity index (χ4v) is 3.10. The van der Waals surface area contributed by atoms with Crippen LogP contribution in [0.25, 0.3) is 0 Å². The summed E-state index contributed by atoms with van der Waals surface area (Å²) in [5, 5.41) is 3.30. The molecule has 1 aliphatic heterocycles. The lowest BCUT2D eigenvalue weighted by Gasteiger charge is -2.24. The molecular weight excluding hydrogens is 306 g/mol. The minimum Gasteiger partial charge on any atom is -0.369 e. The van der Waals surface area contributed by atoms with E-state index in [2.05, 4.69) is 53.9 Å². The van der Waals surface area contributed by atoms with Gasteiger partial charge in [-0.2, -0.15) is 0 Å². The van der Waals surface area contributed by atoms with Crippen LogP contribution in [0.15, 0.2) is 4.47 Å². The maximum absolute atomic E-state index is 5.87. The Hall–Kier alpha value is -0.680. The number of halogens is 1. The van der Waals surface area contributed by atoms with Gasteiger partial charge < -0.3 is 10.1 Å². The molecule has 1 aromatic heterocycles. The average molecular weight is 328 g/mol. The summed E-state index contributed by atoms with van der Waals surface area (Å²) >= 11 is 3.61. The van der Waals surface area contributed by atoms with Crippen molar-refractivity contribution in [2.24, 2.45) is 0 Å². The van der Waals surface area contributed by atoms with Crippen molar-refractivity contribution in [2.75, 3.05) is 18.5 Å². The van der Waals surface area contributed by atoms with E-state index in [9.17, 15) is 0 Å². The molecule has 19 heavy (non-hydrogen) atoms. The summed E-state index contributed by atoms with van der Waals surface area (Å²) in [6.07, 6.45) is 2.06. The van der Waals surface area contributed by atoms with Crippen molar-refractivity contribution in [3.63, 3.8) is 0 Å². The predicted molar refractivity (Wildman–Crippen MR) is 80.5 cm³/mol. The number of ether oxygens (including phenoxy) is 1. The van der Waals surface area contributed by atoms with Gasteiger partial charge in [0.25, 0.3) is 0 Å². The van der Waals surface area contributed by atoms with E-state index in [1.807, 2.05) is 0 Å². The summed E-state index contributed by atoms with van der Waals surface area (Å²) in [6.45, 7) is 10.1. The topological polar surface area (TPSA) is 47.0 Å². The molecule has 1 aliphatic rings. The number of hydrogen-bond acceptors (Lipinski definition) is 4. The summed E-state index contributed by atoms with van der Waals surface area (Å²) < 4.78 is 6.83. The van der Waals surface area contributed by atoms with Crippen LogP contribution in [0, 0.1) is 0 Å². The maximum atomic E-state index is 5.87. The van der Waals surface area contributed by atoms with Crippen molar-refractivity contribution >= 4 is 21.7 Å². The van der Waals surface area contributed by atoms with Gasteiger partial charge in [0, 0.05) is 13.2 Å². The van der Waals surface area contributed by atoms with Crippen LogP contribution >= 0.6 is 15.9 Å². The molecule has 1 unspecified atom stereocenters. The zero-order valence-corrected chi connectivity index (χ0v) is 13.7. The number of hydrogen-bond donors (Lipinski definition) is 1. The Labute approximate surface area is 123 Å². The molecular formula is C14H22BrN3O. The van der Waals surface area contributed by atoms with E-state index in [0.717, 1.165) is 47.8 Å². The quantitative estimate of drug-likeness (QED) is 0.913. The van der Waals surface area contributed by atoms with Crippen molar-refractivity contribution in [2.45, 2.75) is 52.1 Å². The molecule has 1 N–H and O–H groups in total. The van der Waals surface area contributed by atoms with E-state index in [4.69, 9.17) is 9.72 Å². The SMILES string of the molecule is CCNc1nc(C2(C)CCCO2)nc(C(C)C)c1Br. The monoisotopic (exact) mass is 327 g/mol. The van der Waals surface area contributed by atoms with E-state index in [1.54, 1.807) is 0 Å². The van der Waals surface area contributed by atoms with Gasteiger partial charge in [-0.3, -0.25) is 0 Å². The number of rotatable bonds is 4. The first-order valence-electron chi connectivity index (χ1n) is 6.93. The molecule has 0 spiro atoms. The van der Waals surface area contributed by atoms with Gasteiger partial charge in [0.1, 0.15) is 11.4 Å². The lowest BCUT2D eigenvalue weighted by atomic mass is 10.0. The van der Waals surface area contributed by atoms with Crippen LogP contribution < -0.4 is 5.32 Å². The van der Waals surface area contributed by atoms with Crippen LogP contribution in [0.5, 0.6) is 0 Å². The summed E-state index contributed by atoms with van der Waals surface area (Å²) in [6, 6.07) is 0. The molecule has 0 aromatic carbocycles. The van der Waals surface area contributed by atoms with Crippen molar-refractivity contribution in [1.82, 2.24) is 9.97 Å². The molecule has 1 aromatic rings. The van der Waals surface area contributed by atoms with E-state index in [0.29, 0.717) is 5.92 Å². The second kappa shape index (κ2) is 5.75. The minimum atomic E-state index is -0.339. The Morgan fingerprint density at radius 3 is 2.68 bits per heavy atom. The Morgan fingerprint density at radius 2 is 2.16 bits per heavy atom. The standard InChI is InChI=1S/C14H22BrN3O/c1-5-16-12-10(15)11(9(2)3)17-13(18-12)14(4)7-6-8-19-14/h9H,5-8H2,1-4H3,(H,16,17,18). The largest absolute Gasteiger partial charge is 0.369 e. The second-order valence-corrected chi connectivity index (χ2v) is 6.26. The molecule has 1 atom stereocenters. The fourth-order valence-electron chi connectivity index (χ4n) is 2.32. The molecule has 0 amide bonds. The van der Waals surface area contributed by atoms with Crippen molar-refractivity contribution in [1.29, 1.82) is 0 Å². The lowest BCUT2D eigenvalue weighted by molar-refractivity contribution is 0.00920. The predicted octanol–water partition coefficient (Wildman–Crippen LogP) is 3.82. The van der Waals surface area contributed by atoms with Gasteiger partial charge in [0.2, 0.25) is 0 Å². The van der Waals surface area contributed by atoms with Gasteiger partial charge in [0.05, 0.1) is 10.2 Å². The van der Waals surface area contributed by atoms with Gasteiger partial charge in [-0.15, -0.1) is 0 Å². The van der Waals surface area contributed by atoms with Crippen LogP contribution in [0.3, 0.4) is 0 Å². The van der Waals surface area contributed by atoms with Crippen LogP contribution in [0.2, 0.25) is 0 Å². The molecule has 4 nitrogen and oxygen atoms in total. The first kappa shape index (κ1) is 14.7. The molecule has 5 heteroatoms. The number of nitrogens with one attached hydrogen (secondary N) is 1. The third-order valence-electron chi connectivity index (χ3n) is 3.46. The summed E-state index contributed by atoms with van der Waals surface area (Å²) in [5.74, 6) is 2.01. The highest BCUT2D eigenvalue weighted by Crippen LogP contribution is 2.37. The van der Waals surface area contributed by atoms with Crippen LogP contribution in [0.1, 0.15) is 58.0 Å². The van der Waals surface area contributed by atoms with Gasteiger partial charge >= 0.3 is 0 Å². The molecule has 1 fully saturated rings. The minimum absolute atomic E-state index is 0.339. The van der Waals surface area contributed by atoms with Crippen LogP contribution in [0.4, 0.5) is 5.82 Å². The maximum Gasteiger partial charge on any atom is 0.162 e. The van der Waals surface area contributed by atoms with E-state index in [1.165, 1.54) is 0 Å². The smallest absolute Gasteiger partial charge is 0.162 e. The highest BCUT2D eigenvalue weighted by molar-refractivity contribution is 9.10. The normalized spacial score (nSPS) is 23.1. The van der Waals surface area contributed by atoms with E-state index >= 15 is 0 Å². The van der Waals surface area contributed by atoms with Gasteiger partial charge in [0.15, 0.2) is 5.82 Å². The highest BCUT2D eigenvalue weighted by atomic mass is 79.9. The second-order valence-electron chi connectivity index (χ2n) is 5.46. The van der Waals surface area contributed by atoms with E-state index in [-0.39, 0.29) is 5.60 Å². The summed E-state index contributed by atoms with van der Waals surface area (Å²) in [7, 11) is 0. The van der Waals surface area contributed by atoms with Gasteiger partial charge in [-0.1, -0.05) is 13.8 Å². The lowest BCUT2D eigenvalue weighted by Crippen LogP contribution is -2.25.